The van der Waals surface area contributed by atoms with Crippen molar-refractivity contribution >= 4 is 45.5 Å². The van der Waals surface area contributed by atoms with Crippen LogP contribution < -0.4 is 5.32 Å². The Bertz CT molecular complexity index is 1390. The maximum atomic E-state index is 12.6. The second kappa shape index (κ2) is 6.79. The van der Waals surface area contributed by atoms with Gasteiger partial charge in [0.2, 0.25) is 5.89 Å². The Morgan fingerprint density at radius 3 is 2.66 bits per heavy atom. The van der Waals surface area contributed by atoms with E-state index in [1.165, 1.54) is 5.56 Å². The predicted molar refractivity (Wildman–Crippen MR) is 114 cm³/mol. The van der Waals surface area contributed by atoms with Gasteiger partial charge in [-0.3, -0.25) is 4.79 Å². The molecule has 5 aromatic rings. The first kappa shape index (κ1) is 17.5. The van der Waals surface area contributed by atoms with Gasteiger partial charge in [0, 0.05) is 16.8 Å². The third kappa shape index (κ3) is 3.25. The van der Waals surface area contributed by atoms with E-state index in [0.29, 0.717) is 33.8 Å². The standard InChI is InChI=1S/C22H16N4O2S/c1-12-3-6-16(13(2)9-12)22-24-19-11-15(5-8-20(19)28-22)23-21(27)14-4-7-17-18(10-14)26-29-25-17/h3-11H,1-2H3,(H,23,27). The average molecular weight is 400 g/mol. The van der Waals surface area contributed by atoms with Gasteiger partial charge in [-0.1, -0.05) is 17.7 Å². The molecule has 0 atom stereocenters. The number of aryl methyl sites for hydroxylation is 2. The molecular weight excluding hydrogens is 384 g/mol. The molecule has 6 nitrogen and oxygen atoms in total. The number of oxazole rings is 1. The lowest BCUT2D eigenvalue weighted by Crippen LogP contribution is -2.11. The van der Waals surface area contributed by atoms with Crippen molar-refractivity contribution in [1.82, 2.24) is 13.7 Å². The molecule has 0 unspecified atom stereocenters. The number of carbonyl (C=O) groups excluding carboxylic acids is 1. The van der Waals surface area contributed by atoms with Gasteiger partial charge in [-0.2, -0.15) is 8.75 Å². The third-order valence-corrected chi connectivity index (χ3v) is 5.33. The van der Waals surface area contributed by atoms with Gasteiger partial charge in [-0.25, -0.2) is 4.98 Å². The van der Waals surface area contributed by atoms with Crippen LogP contribution in [0.3, 0.4) is 0 Å². The van der Waals surface area contributed by atoms with Crippen LogP contribution in [0.5, 0.6) is 0 Å². The monoisotopic (exact) mass is 400 g/mol. The molecule has 0 saturated carbocycles. The van der Waals surface area contributed by atoms with Gasteiger partial charge >= 0.3 is 0 Å². The third-order valence-electron chi connectivity index (χ3n) is 4.77. The lowest BCUT2D eigenvalue weighted by Gasteiger charge is -2.04. The fourth-order valence-corrected chi connectivity index (χ4v) is 3.82. The number of hydrogen-bond donors (Lipinski definition) is 1. The zero-order chi connectivity index (χ0) is 20.0. The number of benzene rings is 3. The molecule has 2 aromatic heterocycles. The number of nitrogens with one attached hydrogen (secondary N) is 1. The molecule has 0 radical (unpaired) electrons. The van der Waals surface area contributed by atoms with Crippen LogP contribution in [0.2, 0.25) is 0 Å². The van der Waals surface area contributed by atoms with E-state index in [4.69, 9.17) is 4.42 Å². The highest BCUT2D eigenvalue weighted by molar-refractivity contribution is 7.00. The Labute approximate surface area is 170 Å². The summed E-state index contributed by atoms with van der Waals surface area (Å²) in [5.74, 6) is 0.361. The van der Waals surface area contributed by atoms with Crippen LogP contribution in [0, 0.1) is 13.8 Å². The fourth-order valence-electron chi connectivity index (χ4n) is 3.30. The lowest BCUT2D eigenvalue weighted by molar-refractivity contribution is 0.102. The van der Waals surface area contributed by atoms with Crippen molar-refractivity contribution in [3.8, 4) is 11.5 Å². The van der Waals surface area contributed by atoms with Gasteiger partial charge < -0.3 is 9.73 Å². The molecule has 29 heavy (non-hydrogen) atoms. The predicted octanol–water partition coefficient (Wildman–Crippen LogP) is 5.37. The van der Waals surface area contributed by atoms with E-state index in [9.17, 15) is 4.79 Å². The minimum absolute atomic E-state index is 0.211. The molecule has 0 aliphatic carbocycles. The summed E-state index contributed by atoms with van der Waals surface area (Å²) in [6, 6.07) is 16.9. The van der Waals surface area contributed by atoms with E-state index in [1.807, 2.05) is 31.2 Å². The quantitative estimate of drug-likeness (QED) is 0.440. The minimum Gasteiger partial charge on any atom is -0.436 e. The maximum absolute atomic E-state index is 12.6. The van der Waals surface area contributed by atoms with E-state index in [0.717, 1.165) is 28.4 Å². The Balaban J connectivity index is 1.44. The molecule has 1 N–H and O–H groups in total. The normalized spacial score (nSPS) is 11.2. The number of aromatic nitrogens is 3. The summed E-state index contributed by atoms with van der Waals surface area (Å²) in [4.78, 5) is 17.2. The summed E-state index contributed by atoms with van der Waals surface area (Å²) in [5, 5.41) is 2.91. The van der Waals surface area contributed by atoms with E-state index in [2.05, 4.69) is 32.0 Å². The SMILES string of the molecule is Cc1ccc(-c2nc3cc(NC(=O)c4ccc5nsnc5c4)ccc3o2)c(C)c1. The van der Waals surface area contributed by atoms with Crippen LogP contribution in [0.15, 0.2) is 59.0 Å². The molecule has 2 heterocycles. The molecule has 0 aliphatic heterocycles. The van der Waals surface area contributed by atoms with Gasteiger partial charge in [0.15, 0.2) is 5.58 Å². The number of rotatable bonds is 3. The Morgan fingerprint density at radius 1 is 0.931 bits per heavy atom. The van der Waals surface area contributed by atoms with Crippen LogP contribution in [-0.2, 0) is 0 Å². The Morgan fingerprint density at radius 2 is 1.79 bits per heavy atom. The first-order valence-electron chi connectivity index (χ1n) is 9.09. The van der Waals surface area contributed by atoms with Gasteiger partial charge in [0.1, 0.15) is 16.6 Å². The summed E-state index contributed by atoms with van der Waals surface area (Å²) in [6.45, 7) is 4.10. The van der Waals surface area contributed by atoms with Crippen molar-refractivity contribution in [3.05, 3.63) is 71.3 Å². The van der Waals surface area contributed by atoms with Crippen molar-refractivity contribution < 1.29 is 9.21 Å². The molecule has 1 amide bonds. The smallest absolute Gasteiger partial charge is 0.255 e. The number of amides is 1. The van der Waals surface area contributed by atoms with Crippen LogP contribution in [0.1, 0.15) is 21.5 Å². The van der Waals surface area contributed by atoms with E-state index in [-0.39, 0.29) is 5.91 Å². The number of carbonyl (C=O) groups is 1. The summed E-state index contributed by atoms with van der Waals surface area (Å²) in [5.41, 5.74) is 7.31. The van der Waals surface area contributed by atoms with Crippen molar-refractivity contribution in [2.75, 3.05) is 5.32 Å². The van der Waals surface area contributed by atoms with Crippen LogP contribution in [0.4, 0.5) is 5.69 Å². The molecule has 0 saturated heterocycles. The van der Waals surface area contributed by atoms with E-state index in [1.54, 1.807) is 24.3 Å². The lowest BCUT2D eigenvalue weighted by atomic mass is 10.1. The van der Waals surface area contributed by atoms with Crippen LogP contribution in [-0.4, -0.2) is 19.6 Å². The molecule has 0 bridgehead atoms. The first-order valence-corrected chi connectivity index (χ1v) is 9.82. The average Bonchev–Trinajstić information content (AvgIpc) is 3.33. The first-order chi connectivity index (χ1) is 14.1. The maximum Gasteiger partial charge on any atom is 0.255 e. The van der Waals surface area contributed by atoms with Gasteiger partial charge in [-0.15, -0.1) is 0 Å². The molecule has 0 aliphatic rings. The fraction of sp³-hybridized carbons (Fsp3) is 0.0909. The molecule has 0 spiro atoms. The van der Waals surface area contributed by atoms with E-state index < -0.39 is 0 Å². The summed E-state index contributed by atoms with van der Waals surface area (Å²) >= 11 is 1.13. The van der Waals surface area contributed by atoms with Crippen molar-refractivity contribution in [2.24, 2.45) is 0 Å². The number of fused-ring (bicyclic) bond motifs is 2. The highest BCUT2D eigenvalue weighted by atomic mass is 32.1. The van der Waals surface area contributed by atoms with Gasteiger partial charge in [-0.05, 0) is 61.9 Å². The molecule has 0 fully saturated rings. The molecule has 142 valence electrons. The topological polar surface area (TPSA) is 80.9 Å². The Kier molecular flexibility index (Phi) is 4.10. The zero-order valence-electron chi connectivity index (χ0n) is 15.8. The summed E-state index contributed by atoms with van der Waals surface area (Å²) in [7, 11) is 0. The largest absolute Gasteiger partial charge is 0.436 e. The number of hydrogen-bond acceptors (Lipinski definition) is 6. The van der Waals surface area contributed by atoms with Crippen LogP contribution in [0.25, 0.3) is 33.6 Å². The second-order valence-electron chi connectivity index (χ2n) is 6.94. The molecular formula is C22H16N4O2S. The van der Waals surface area contributed by atoms with Crippen molar-refractivity contribution in [3.63, 3.8) is 0 Å². The van der Waals surface area contributed by atoms with Gasteiger partial charge in [0.25, 0.3) is 5.91 Å². The minimum atomic E-state index is -0.211. The highest BCUT2D eigenvalue weighted by Crippen LogP contribution is 2.29. The number of nitrogens with zero attached hydrogens (tertiary/aromatic N) is 3. The Hall–Kier alpha value is -3.58. The molecule has 7 heteroatoms. The molecule has 5 rings (SSSR count). The van der Waals surface area contributed by atoms with Crippen LogP contribution >= 0.6 is 11.7 Å². The van der Waals surface area contributed by atoms with Gasteiger partial charge in [0.05, 0.1) is 11.7 Å². The summed E-state index contributed by atoms with van der Waals surface area (Å²) in [6.07, 6.45) is 0. The van der Waals surface area contributed by atoms with E-state index >= 15 is 0 Å². The second-order valence-corrected chi connectivity index (χ2v) is 7.47. The highest BCUT2D eigenvalue weighted by Gasteiger charge is 2.13. The zero-order valence-corrected chi connectivity index (χ0v) is 16.6. The molecule has 3 aromatic carbocycles. The number of anilines is 1. The van der Waals surface area contributed by atoms with Crippen molar-refractivity contribution in [2.45, 2.75) is 13.8 Å². The summed E-state index contributed by atoms with van der Waals surface area (Å²) < 4.78 is 14.3. The van der Waals surface area contributed by atoms with Crippen molar-refractivity contribution in [1.29, 1.82) is 0 Å².